The smallest absolute Gasteiger partial charge is 0.300 e. The minimum absolute atomic E-state index is 0.611. The summed E-state index contributed by atoms with van der Waals surface area (Å²) in [5.41, 5.74) is 1.07. The molecule has 2 aromatic rings. The van der Waals surface area contributed by atoms with Gasteiger partial charge in [0.2, 0.25) is 0 Å². The summed E-state index contributed by atoms with van der Waals surface area (Å²) >= 11 is 0. The zero-order chi connectivity index (χ0) is 15.1. The highest BCUT2D eigenvalue weighted by Gasteiger charge is 2.17. The quantitative estimate of drug-likeness (QED) is 0.936. The van der Waals surface area contributed by atoms with E-state index in [1.807, 2.05) is 30.7 Å². The molecule has 3 heterocycles. The fourth-order valence-corrected chi connectivity index (χ4v) is 2.22. The maximum absolute atomic E-state index is 9.00. The number of carbonyl (C=O) groups is 1. The summed E-state index contributed by atoms with van der Waals surface area (Å²) in [6.07, 6.45) is 8.65. The summed E-state index contributed by atoms with van der Waals surface area (Å²) in [6.45, 7) is 3.82. The van der Waals surface area contributed by atoms with Crippen LogP contribution in [0, 0.1) is 5.92 Å². The number of hydrogen-bond acceptors (Lipinski definition) is 4. The molecule has 1 unspecified atom stereocenters. The minimum Gasteiger partial charge on any atom is -0.481 e. The number of pyridine rings is 1. The lowest BCUT2D eigenvalue weighted by atomic mass is 10.1. The topological polar surface area (TPSA) is 77.2 Å². The Kier molecular flexibility index (Phi) is 5.45. The summed E-state index contributed by atoms with van der Waals surface area (Å²) in [7, 11) is 0. The maximum Gasteiger partial charge on any atom is 0.300 e. The lowest BCUT2D eigenvalue weighted by Gasteiger charge is -2.11. The number of rotatable bonds is 3. The third-order valence-corrected chi connectivity index (χ3v) is 3.11. The number of carboxylic acids is 1. The van der Waals surface area contributed by atoms with Crippen molar-refractivity contribution >= 4 is 5.97 Å². The summed E-state index contributed by atoms with van der Waals surface area (Å²) < 4.78 is 7.60. The van der Waals surface area contributed by atoms with Gasteiger partial charge in [-0.1, -0.05) is 0 Å². The summed E-state index contributed by atoms with van der Waals surface area (Å²) in [4.78, 5) is 17.5. The van der Waals surface area contributed by atoms with Gasteiger partial charge in [0.05, 0.1) is 6.61 Å². The van der Waals surface area contributed by atoms with Gasteiger partial charge in [0.25, 0.3) is 5.97 Å². The molecule has 1 fully saturated rings. The number of ether oxygens (including phenoxy) is 1. The second-order valence-corrected chi connectivity index (χ2v) is 4.89. The Balaban J connectivity index is 0.000000361. The third-order valence-electron chi connectivity index (χ3n) is 3.11. The Hall–Kier alpha value is -2.21. The van der Waals surface area contributed by atoms with Crippen molar-refractivity contribution in [3.63, 3.8) is 0 Å². The lowest BCUT2D eigenvalue weighted by molar-refractivity contribution is -0.134. The highest BCUT2D eigenvalue weighted by atomic mass is 16.5. The molecule has 0 aromatic carbocycles. The molecule has 2 aromatic heterocycles. The highest BCUT2D eigenvalue weighted by molar-refractivity contribution is 5.62. The Bertz CT molecular complexity index is 559. The van der Waals surface area contributed by atoms with Crippen LogP contribution in [0.25, 0.3) is 11.4 Å². The molecule has 0 amide bonds. The predicted octanol–water partition coefficient (Wildman–Crippen LogP) is 2.07. The predicted molar refractivity (Wildman–Crippen MR) is 77.7 cm³/mol. The van der Waals surface area contributed by atoms with Gasteiger partial charge in [-0.05, 0) is 18.6 Å². The molecular weight excluding hydrogens is 270 g/mol. The molecule has 6 nitrogen and oxygen atoms in total. The molecule has 0 saturated carbocycles. The van der Waals surface area contributed by atoms with Gasteiger partial charge in [-0.3, -0.25) is 9.78 Å². The van der Waals surface area contributed by atoms with E-state index < -0.39 is 5.97 Å². The van der Waals surface area contributed by atoms with E-state index in [1.54, 1.807) is 6.20 Å². The van der Waals surface area contributed by atoms with Crippen LogP contribution in [0.4, 0.5) is 0 Å². The second kappa shape index (κ2) is 7.54. The highest BCUT2D eigenvalue weighted by Crippen LogP contribution is 2.20. The normalized spacial score (nSPS) is 17.1. The minimum atomic E-state index is -0.833. The van der Waals surface area contributed by atoms with E-state index >= 15 is 0 Å². The molecule has 6 heteroatoms. The number of aliphatic carboxylic acids is 1. The van der Waals surface area contributed by atoms with Crippen LogP contribution in [0.5, 0.6) is 0 Å². The molecule has 21 heavy (non-hydrogen) atoms. The number of aromatic nitrogens is 3. The molecule has 0 aliphatic carbocycles. The van der Waals surface area contributed by atoms with E-state index in [9.17, 15) is 0 Å². The van der Waals surface area contributed by atoms with Crippen molar-refractivity contribution in [2.75, 3.05) is 13.2 Å². The monoisotopic (exact) mass is 289 g/mol. The van der Waals surface area contributed by atoms with E-state index in [2.05, 4.69) is 14.5 Å². The first-order valence-electron chi connectivity index (χ1n) is 6.85. The summed E-state index contributed by atoms with van der Waals surface area (Å²) in [5, 5.41) is 7.42. The SMILES string of the molecule is CC(=O)O.c1cncc(-c2nccn2CC2CCOC2)c1. The Morgan fingerprint density at radius 2 is 2.33 bits per heavy atom. The van der Waals surface area contributed by atoms with Gasteiger partial charge in [0.1, 0.15) is 5.82 Å². The average molecular weight is 289 g/mol. The second-order valence-electron chi connectivity index (χ2n) is 4.89. The van der Waals surface area contributed by atoms with E-state index in [4.69, 9.17) is 14.6 Å². The van der Waals surface area contributed by atoms with Crippen molar-refractivity contribution in [1.29, 1.82) is 0 Å². The van der Waals surface area contributed by atoms with E-state index in [1.165, 1.54) is 0 Å². The molecular formula is C15H19N3O3. The third kappa shape index (κ3) is 4.68. The van der Waals surface area contributed by atoms with E-state index in [-0.39, 0.29) is 0 Å². The van der Waals surface area contributed by atoms with Crippen molar-refractivity contribution in [2.45, 2.75) is 19.9 Å². The molecule has 0 bridgehead atoms. The fraction of sp³-hybridized carbons (Fsp3) is 0.400. The summed E-state index contributed by atoms with van der Waals surface area (Å²) in [5.74, 6) is 0.768. The van der Waals surface area contributed by atoms with E-state index in [0.717, 1.165) is 44.5 Å². The Morgan fingerprint density at radius 1 is 1.52 bits per heavy atom. The zero-order valence-electron chi connectivity index (χ0n) is 12.0. The fourth-order valence-electron chi connectivity index (χ4n) is 2.22. The first-order chi connectivity index (χ1) is 10.2. The van der Waals surface area contributed by atoms with Crippen molar-refractivity contribution in [2.24, 2.45) is 5.92 Å². The Morgan fingerprint density at radius 3 is 2.95 bits per heavy atom. The van der Waals surface area contributed by atoms with Gasteiger partial charge in [-0.25, -0.2) is 4.98 Å². The molecule has 1 aliphatic rings. The molecule has 1 N–H and O–H groups in total. The van der Waals surface area contributed by atoms with Gasteiger partial charge < -0.3 is 14.4 Å². The van der Waals surface area contributed by atoms with Crippen molar-refractivity contribution < 1.29 is 14.6 Å². The van der Waals surface area contributed by atoms with Gasteiger partial charge >= 0.3 is 0 Å². The van der Waals surface area contributed by atoms with Crippen molar-refractivity contribution in [3.05, 3.63) is 36.9 Å². The number of hydrogen-bond donors (Lipinski definition) is 1. The van der Waals surface area contributed by atoms with Crippen LogP contribution in [0.3, 0.4) is 0 Å². The van der Waals surface area contributed by atoms with Crippen LogP contribution in [0.1, 0.15) is 13.3 Å². The van der Waals surface area contributed by atoms with E-state index in [0.29, 0.717) is 5.92 Å². The molecule has 0 spiro atoms. The largest absolute Gasteiger partial charge is 0.481 e. The first kappa shape index (κ1) is 15.2. The van der Waals surface area contributed by atoms with Crippen LogP contribution in [-0.2, 0) is 16.1 Å². The molecule has 3 rings (SSSR count). The standard InChI is InChI=1S/C13H15N3O.C2H4O2/c1-2-12(8-14-4-1)13-15-5-6-16(13)9-11-3-7-17-10-11;1-2(3)4/h1-2,4-6,8,11H,3,7,9-10H2;1H3,(H,3,4). The molecule has 1 saturated heterocycles. The van der Waals surface area contributed by atoms with Crippen LogP contribution >= 0.6 is 0 Å². The first-order valence-corrected chi connectivity index (χ1v) is 6.85. The number of carboxylic acid groups (broad SMARTS) is 1. The molecule has 1 aliphatic heterocycles. The molecule has 1 atom stereocenters. The Labute approximate surface area is 123 Å². The van der Waals surface area contributed by atoms with Crippen molar-refractivity contribution in [1.82, 2.24) is 14.5 Å². The summed E-state index contributed by atoms with van der Waals surface area (Å²) in [6, 6.07) is 3.98. The maximum atomic E-state index is 9.00. The number of nitrogens with zero attached hydrogens (tertiary/aromatic N) is 3. The van der Waals surface area contributed by atoms with Gasteiger partial charge in [0.15, 0.2) is 0 Å². The van der Waals surface area contributed by atoms with Crippen LogP contribution in [0.2, 0.25) is 0 Å². The number of imidazole rings is 1. The van der Waals surface area contributed by atoms with Crippen LogP contribution in [0.15, 0.2) is 36.9 Å². The van der Waals surface area contributed by atoms with Gasteiger partial charge in [0, 0.05) is 56.3 Å². The molecule has 0 radical (unpaired) electrons. The van der Waals surface area contributed by atoms with Gasteiger partial charge in [-0.15, -0.1) is 0 Å². The van der Waals surface area contributed by atoms with Crippen LogP contribution in [-0.4, -0.2) is 38.8 Å². The lowest BCUT2D eigenvalue weighted by Crippen LogP contribution is -2.11. The van der Waals surface area contributed by atoms with Gasteiger partial charge in [-0.2, -0.15) is 0 Å². The average Bonchev–Trinajstić information content (AvgIpc) is 3.11. The molecule has 112 valence electrons. The van der Waals surface area contributed by atoms with Crippen LogP contribution < -0.4 is 0 Å². The zero-order valence-corrected chi connectivity index (χ0v) is 12.0. The van der Waals surface area contributed by atoms with Crippen molar-refractivity contribution in [3.8, 4) is 11.4 Å².